The first-order valence-corrected chi connectivity index (χ1v) is 7.29. The molecule has 0 aliphatic heterocycles. The molecule has 112 valence electrons. The molecule has 0 saturated heterocycles. The summed E-state index contributed by atoms with van der Waals surface area (Å²) in [7, 11) is 4.26. The first-order chi connectivity index (χ1) is 9.53. The van der Waals surface area contributed by atoms with E-state index in [0.29, 0.717) is 6.54 Å². The minimum absolute atomic E-state index is 0.104. The van der Waals surface area contributed by atoms with E-state index in [1.807, 2.05) is 6.07 Å². The molecule has 1 aromatic carbocycles. The Labute approximate surface area is 120 Å². The molecule has 1 fully saturated rings. The summed E-state index contributed by atoms with van der Waals surface area (Å²) in [4.78, 5) is 2.31. The Balaban J connectivity index is 1.90. The van der Waals surface area contributed by atoms with E-state index < -0.39 is 6.43 Å². The third-order valence-electron chi connectivity index (χ3n) is 4.47. The predicted octanol–water partition coefficient (Wildman–Crippen LogP) is 3.59. The lowest BCUT2D eigenvalue weighted by Crippen LogP contribution is -2.49. The lowest BCUT2D eigenvalue weighted by molar-refractivity contribution is 0.150. The van der Waals surface area contributed by atoms with Gasteiger partial charge in [0.1, 0.15) is 0 Å². The third-order valence-corrected chi connectivity index (χ3v) is 4.47. The molecular weight excluding hydrogens is 258 g/mol. The van der Waals surface area contributed by atoms with Crippen molar-refractivity contribution in [3.63, 3.8) is 0 Å². The average Bonchev–Trinajstić information content (AvgIpc) is 2.89. The number of nitrogens with one attached hydrogen (secondary N) is 1. The molecule has 1 aliphatic rings. The monoisotopic (exact) mass is 282 g/mol. The van der Waals surface area contributed by atoms with Gasteiger partial charge in [0.2, 0.25) is 0 Å². The lowest BCUT2D eigenvalue weighted by Gasteiger charge is -2.36. The van der Waals surface area contributed by atoms with Gasteiger partial charge < -0.3 is 10.2 Å². The van der Waals surface area contributed by atoms with Crippen LogP contribution in [0.15, 0.2) is 24.3 Å². The van der Waals surface area contributed by atoms with Crippen molar-refractivity contribution in [1.29, 1.82) is 0 Å². The van der Waals surface area contributed by atoms with Crippen molar-refractivity contribution < 1.29 is 8.78 Å². The standard InChI is InChI=1S/C16H24F2N2/c1-20(2)16(8-3-4-9-16)12-19-11-13-6-5-7-14(10-13)15(17)18/h5-7,10,15,19H,3-4,8-9,11-12H2,1-2H3. The van der Waals surface area contributed by atoms with Crippen molar-refractivity contribution in [2.24, 2.45) is 0 Å². The van der Waals surface area contributed by atoms with E-state index in [1.54, 1.807) is 12.1 Å². The molecule has 0 amide bonds. The number of halogens is 2. The molecule has 0 heterocycles. The van der Waals surface area contributed by atoms with Gasteiger partial charge in [0.05, 0.1) is 0 Å². The quantitative estimate of drug-likeness (QED) is 0.858. The smallest absolute Gasteiger partial charge is 0.263 e. The topological polar surface area (TPSA) is 15.3 Å². The van der Waals surface area contributed by atoms with E-state index in [2.05, 4.69) is 24.3 Å². The largest absolute Gasteiger partial charge is 0.311 e. The molecule has 0 spiro atoms. The second-order valence-electron chi connectivity index (χ2n) is 5.98. The number of likely N-dealkylation sites (N-methyl/N-ethyl adjacent to an activating group) is 1. The molecule has 4 heteroatoms. The van der Waals surface area contributed by atoms with Crippen LogP contribution in [-0.2, 0) is 6.54 Å². The molecule has 1 aliphatic carbocycles. The number of nitrogens with zero attached hydrogens (tertiary/aromatic N) is 1. The Morgan fingerprint density at radius 2 is 1.95 bits per heavy atom. The zero-order chi connectivity index (χ0) is 14.6. The summed E-state index contributed by atoms with van der Waals surface area (Å²) in [5.74, 6) is 0. The van der Waals surface area contributed by atoms with E-state index in [9.17, 15) is 8.78 Å². The Kier molecular flexibility index (Phi) is 5.11. The zero-order valence-corrected chi connectivity index (χ0v) is 12.3. The molecule has 0 radical (unpaired) electrons. The second kappa shape index (κ2) is 6.64. The zero-order valence-electron chi connectivity index (χ0n) is 12.3. The van der Waals surface area contributed by atoms with Gasteiger partial charge in [-0.15, -0.1) is 0 Å². The van der Waals surface area contributed by atoms with Gasteiger partial charge in [-0.2, -0.15) is 0 Å². The number of hydrogen-bond donors (Lipinski definition) is 1. The third kappa shape index (κ3) is 3.55. The van der Waals surface area contributed by atoms with Gasteiger partial charge in [0.25, 0.3) is 6.43 Å². The molecule has 0 aromatic heterocycles. The van der Waals surface area contributed by atoms with Crippen LogP contribution in [0.1, 0.15) is 43.2 Å². The Bertz CT molecular complexity index is 426. The highest BCUT2D eigenvalue weighted by atomic mass is 19.3. The summed E-state index contributed by atoms with van der Waals surface area (Å²) in [5, 5.41) is 3.45. The van der Waals surface area contributed by atoms with Crippen LogP contribution in [0.2, 0.25) is 0 Å². The molecular formula is C16H24F2N2. The Morgan fingerprint density at radius 3 is 2.55 bits per heavy atom. The summed E-state index contributed by atoms with van der Waals surface area (Å²) in [6, 6.07) is 6.67. The number of rotatable bonds is 6. The van der Waals surface area contributed by atoms with E-state index in [-0.39, 0.29) is 11.1 Å². The van der Waals surface area contributed by atoms with E-state index in [0.717, 1.165) is 12.1 Å². The minimum atomic E-state index is -2.39. The predicted molar refractivity (Wildman–Crippen MR) is 78.0 cm³/mol. The van der Waals surface area contributed by atoms with Gasteiger partial charge in [-0.1, -0.05) is 31.0 Å². The summed E-state index contributed by atoms with van der Waals surface area (Å²) in [5.41, 5.74) is 1.27. The second-order valence-corrected chi connectivity index (χ2v) is 5.98. The fourth-order valence-electron chi connectivity index (χ4n) is 3.09. The maximum Gasteiger partial charge on any atom is 0.263 e. The van der Waals surface area contributed by atoms with Gasteiger partial charge >= 0.3 is 0 Å². The normalized spacial score (nSPS) is 18.1. The molecule has 20 heavy (non-hydrogen) atoms. The average molecular weight is 282 g/mol. The maximum absolute atomic E-state index is 12.7. The van der Waals surface area contributed by atoms with Crippen LogP contribution in [0.25, 0.3) is 0 Å². The van der Waals surface area contributed by atoms with Crippen molar-refractivity contribution in [2.45, 2.75) is 44.2 Å². The summed E-state index contributed by atoms with van der Waals surface area (Å²) in [6.45, 7) is 1.56. The van der Waals surface area contributed by atoms with Gasteiger partial charge in [-0.25, -0.2) is 8.78 Å². The molecule has 1 N–H and O–H groups in total. The van der Waals surface area contributed by atoms with Crippen molar-refractivity contribution >= 4 is 0 Å². The summed E-state index contributed by atoms with van der Waals surface area (Å²) >= 11 is 0. The summed E-state index contributed by atoms with van der Waals surface area (Å²) < 4.78 is 25.3. The molecule has 2 rings (SSSR count). The fraction of sp³-hybridized carbons (Fsp3) is 0.625. The van der Waals surface area contributed by atoms with Crippen LogP contribution in [0.3, 0.4) is 0 Å². The van der Waals surface area contributed by atoms with Gasteiger partial charge in [-0.05, 0) is 38.6 Å². The van der Waals surface area contributed by atoms with Crippen LogP contribution in [0.4, 0.5) is 8.78 Å². The highest BCUT2D eigenvalue weighted by Gasteiger charge is 2.35. The van der Waals surface area contributed by atoms with Crippen LogP contribution >= 0.6 is 0 Å². The molecule has 2 nitrogen and oxygen atoms in total. The van der Waals surface area contributed by atoms with Gasteiger partial charge in [0.15, 0.2) is 0 Å². The molecule has 1 saturated carbocycles. The lowest BCUT2D eigenvalue weighted by atomic mass is 9.96. The maximum atomic E-state index is 12.7. The molecule has 0 atom stereocenters. The fourth-order valence-corrected chi connectivity index (χ4v) is 3.09. The van der Waals surface area contributed by atoms with Gasteiger partial charge in [-0.3, -0.25) is 0 Å². The van der Waals surface area contributed by atoms with E-state index >= 15 is 0 Å². The number of benzene rings is 1. The van der Waals surface area contributed by atoms with Crippen molar-refractivity contribution in [3.05, 3.63) is 35.4 Å². The van der Waals surface area contributed by atoms with E-state index in [1.165, 1.54) is 31.7 Å². The van der Waals surface area contributed by atoms with Crippen LogP contribution in [0, 0.1) is 0 Å². The Morgan fingerprint density at radius 1 is 1.25 bits per heavy atom. The van der Waals surface area contributed by atoms with Crippen LogP contribution < -0.4 is 5.32 Å². The first-order valence-electron chi connectivity index (χ1n) is 7.29. The van der Waals surface area contributed by atoms with Gasteiger partial charge in [0, 0.05) is 24.2 Å². The Hall–Kier alpha value is -1.00. The van der Waals surface area contributed by atoms with Crippen molar-refractivity contribution in [2.75, 3.05) is 20.6 Å². The molecule has 1 aromatic rings. The highest BCUT2D eigenvalue weighted by Crippen LogP contribution is 2.33. The van der Waals surface area contributed by atoms with Crippen LogP contribution in [-0.4, -0.2) is 31.1 Å². The summed E-state index contributed by atoms with van der Waals surface area (Å²) in [6.07, 6.45) is 2.59. The van der Waals surface area contributed by atoms with Crippen LogP contribution in [0.5, 0.6) is 0 Å². The van der Waals surface area contributed by atoms with Crippen molar-refractivity contribution in [1.82, 2.24) is 10.2 Å². The first kappa shape index (κ1) is 15.4. The van der Waals surface area contributed by atoms with Crippen molar-refractivity contribution in [3.8, 4) is 0 Å². The molecule has 0 bridgehead atoms. The molecule has 0 unspecified atom stereocenters. The number of hydrogen-bond acceptors (Lipinski definition) is 2. The minimum Gasteiger partial charge on any atom is -0.311 e. The van der Waals surface area contributed by atoms with E-state index in [4.69, 9.17) is 0 Å². The highest BCUT2D eigenvalue weighted by molar-refractivity contribution is 5.24. The SMILES string of the molecule is CN(C)C1(CNCc2cccc(C(F)F)c2)CCCC1. The number of alkyl halides is 2.